The van der Waals surface area contributed by atoms with Crippen LogP contribution in [0.1, 0.15) is 53.4 Å². The topological polar surface area (TPSA) is 97.3 Å². The van der Waals surface area contributed by atoms with E-state index in [1.807, 2.05) is 22.9 Å². The number of halogens is 4. The fourth-order valence-corrected chi connectivity index (χ4v) is 6.35. The molecule has 0 spiro atoms. The second-order valence-electron chi connectivity index (χ2n) is 9.54. The summed E-state index contributed by atoms with van der Waals surface area (Å²) in [5, 5.41) is 9.69. The lowest BCUT2D eigenvalue weighted by molar-refractivity contribution is -0.138. The summed E-state index contributed by atoms with van der Waals surface area (Å²) in [6.07, 6.45) is -1.52. The highest BCUT2D eigenvalue weighted by molar-refractivity contribution is 14.1. The maximum atomic E-state index is 13.8. The first-order valence-corrected chi connectivity index (χ1v) is 14.3. The quantitative estimate of drug-likeness (QED) is 0.194. The van der Waals surface area contributed by atoms with Crippen molar-refractivity contribution < 1.29 is 42.1 Å². The molecule has 2 N–H and O–H groups in total. The van der Waals surface area contributed by atoms with Gasteiger partial charge in [-0.1, -0.05) is 6.92 Å². The van der Waals surface area contributed by atoms with Gasteiger partial charge in [-0.15, -0.1) is 11.3 Å². The van der Waals surface area contributed by atoms with Crippen LogP contribution in [0.15, 0.2) is 24.3 Å². The van der Waals surface area contributed by atoms with Crippen molar-refractivity contribution in [3.63, 3.8) is 0 Å². The Morgan fingerprint density at radius 3 is 2.33 bits per heavy atom. The number of thiophene rings is 1. The van der Waals surface area contributed by atoms with E-state index in [1.165, 1.54) is 31.3 Å². The van der Waals surface area contributed by atoms with Gasteiger partial charge in [0, 0.05) is 54.4 Å². The number of nitrogens with one attached hydrogen (secondary N) is 1. The number of hydrogen-bond acceptors (Lipinski definition) is 7. The molecule has 3 rings (SSSR count). The van der Waals surface area contributed by atoms with E-state index in [9.17, 15) is 27.9 Å². The summed E-state index contributed by atoms with van der Waals surface area (Å²) in [5.41, 5.74) is -1.12. The van der Waals surface area contributed by atoms with Crippen LogP contribution in [0.25, 0.3) is 0 Å². The Bertz CT molecular complexity index is 1130. The highest BCUT2D eigenvalue weighted by atomic mass is 127. The third kappa shape index (κ3) is 8.06. The minimum absolute atomic E-state index is 0.0913. The molecule has 1 aromatic carbocycles. The van der Waals surface area contributed by atoms with Crippen molar-refractivity contribution in [3.8, 4) is 10.8 Å². The van der Waals surface area contributed by atoms with E-state index in [1.54, 1.807) is 0 Å². The molecule has 13 heteroatoms. The summed E-state index contributed by atoms with van der Waals surface area (Å²) in [6.45, 7) is 2.53. The summed E-state index contributed by atoms with van der Waals surface area (Å²) in [5.74, 6) is -1.46. The van der Waals surface area contributed by atoms with Gasteiger partial charge in [-0.05, 0) is 55.9 Å². The van der Waals surface area contributed by atoms with Crippen molar-refractivity contribution in [2.45, 2.75) is 51.4 Å². The van der Waals surface area contributed by atoms with Crippen LogP contribution >= 0.6 is 34.2 Å². The predicted molar refractivity (Wildman–Crippen MR) is 150 cm³/mol. The molecule has 0 unspecified atom stereocenters. The van der Waals surface area contributed by atoms with Crippen LogP contribution < -0.4 is 13.2 Å². The number of rotatable bonds is 12. The van der Waals surface area contributed by atoms with E-state index in [-0.39, 0.29) is 48.6 Å². The molecule has 0 bridgehead atoms. The van der Waals surface area contributed by atoms with Gasteiger partial charge in [0.1, 0.15) is 11.3 Å². The van der Waals surface area contributed by atoms with E-state index in [4.69, 9.17) is 14.2 Å². The smallest absolute Gasteiger partial charge is 0.420 e. The fraction of sp³-hybridized carbons (Fsp3) is 0.538. The van der Waals surface area contributed by atoms with Gasteiger partial charge in [0.25, 0.3) is 0 Å². The number of benzene rings is 1. The monoisotopic (exact) mass is 684 g/mol. The van der Waals surface area contributed by atoms with Crippen LogP contribution in [0.2, 0.25) is 0 Å². The van der Waals surface area contributed by atoms with Gasteiger partial charge < -0.3 is 24.2 Å². The van der Waals surface area contributed by atoms with E-state index in [0.717, 1.165) is 36.3 Å². The normalized spacial score (nSPS) is 17.8. The van der Waals surface area contributed by atoms with Crippen molar-refractivity contribution in [3.05, 3.63) is 40.3 Å². The summed E-state index contributed by atoms with van der Waals surface area (Å²) < 4.78 is 60.0. The van der Waals surface area contributed by atoms with Crippen molar-refractivity contribution in [2.75, 3.05) is 32.3 Å². The van der Waals surface area contributed by atoms with E-state index < -0.39 is 28.8 Å². The Balaban J connectivity index is 2.04. The zero-order valence-electron chi connectivity index (χ0n) is 21.8. The molecule has 1 heterocycles. The maximum Gasteiger partial charge on any atom is 0.420 e. The minimum Gasteiger partial charge on any atom is -0.478 e. The number of carboxylic acids is 1. The second kappa shape index (κ2) is 14.1. The number of nitrogens with zero attached hydrogens (tertiary/aromatic N) is 1. The van der Waals surface area contributed by atoms with Gasteiger partial charge in [0.2, 0.25) is 5.91 Å². The minimum atomic E-state index is -4.65. The molecule has 1 aliphatic rings. The second-order valence-corrected chi connectivity index (χ2v) is 11.4. The molecule has 1 saturated carbocycles. The molecule has 216 valence electrons. The Hall–Kier alpha value is -1.94. The first-order valence-electron chi connectivity index (χ1n) is 12.4. The van der Waals surface area contributed by atoms with Crippen molar-refractivity contribution in [1.29, 1.82) is 0 Å². The molecule has 39 heavy (non-hydrogen) atoms. The Labute approximate surface area is 243 Å². The van der Waals surface area contributed by atoms with Crippen LogP contribution in [0.4, 0.5) is 18.9 Å². The number of methoxy groups -OCH3 is 2. The van der Waals surface area contributed by atoms with Crippen LogP contribution in [0, 0.1) is 11.8 Å². The number of aromatic carboxylic acids is 1. The Morgan fingerprint density at radius 1 is 1.15 bits per heavy atom. The number of alkyl halides is 3. The SMILES string of the molecule is COCC(COC)N(c1ccc(Oc2sc(CNI)cc2C(F)(F)F)cc1C(=O)O)C(=O)[C@H]1CC[C@H](C)CC1. The van der Waals surface area contributed by atoms with Crippen LogP contribution in [-0.4, -0.2) is 50.5 Å². The molecule has 0 saturated heterocycles. The summed E-state index contributed by atoms with van der Waals surface area (Å²) in [6, 6.07) is 4.30. The van der Waals surface area contributed by atoms with E-state index in [0.29, 0.717) is 23.6 Å². The number of carboxylic acid groups (broad SMARTS) is 1. The summed E-state index contributed by atoms with van der Waals surface area (Å²) >= 11 is 2.65. The van der Waals surface area contributed by atoms with Crippen molar-refractivity contribution in [2.24, 2.45) is 11.8 Å². The van der Waals surface area contributed by atoms with Crippen molar-refractivity contribution >= 4 is 51.8 Å². The molecule has 2 aromatic rings. The van der Waals surface area contributed by atoms with Gasteiger partial charge in [0.05, 0.1) is 30.5 Å². The number of carbonyl (C=O) groups excluding carboxylic acids is 1. The van der Waals surface area contributed by atoms with Crippen molar-refractivity contribution in [1.82, 2.24) is 3.53 Å². The Morgan fingerprint density at radius 2 is 1.79 bits per heavy atom. The van der Waals surface area contributed by atoms with E-state index in [2.05, 4.69) is 10.5 Å². The van der Waals surface area contributed by atoms with Crippen LogP contribution in [-0.2, 0) is 27.0 Å². The predicted octanol–water partition coefficient (Wildman–Crippen LogP) is 6.52. The standard InChI is InChI=1S/C26H32F3IN2O6S/c1-15-4-6-16(7-5-15)23(33)32(17(13-36-2)14-37-3)22-9-8-18(10-20(22)24(34)35)38-25-21(26(27,28)29)11-19(39-25)12-31-30/h8-11,15-17,31H,4-7,12-14H2,1-3H3,(H,34,35)/t15-,16-. The lowest BCUT2D eigenvalue weighted by Gasteiger charge is -2.36. The maximum absolute atomic E-state index is 13.8. The molecule has 0 aliphatic heterocycles. The number of hydrogen-bond donors (Lipinski definition) is 2. The molecule has 1 amide bonds. The molecule has 1 aromatic heterocycles. The molecule has 1 aliphatic carbocycles. The zero-order valence-corrected chi connectivity index (χ0v) is 24.8. The fourth-order valence-electron chi connectivity index (χ4n) is 4.70. The van der Waals surface area contributed by atoms with Crippen LogP contribution in [0.3, 0.4) is 0 Å². The number of ether oxygens (including phenoxy) is 3. The first-order chi connectivity index (χ1) is 18.5. The van der Waals surface area contributed by atoms with Gasteiger partial charge in [0.15, 0.2) is 5.06 Å². The molecule has 0 atom stereocenters. The molecule has 1 fully saturated rings. The average Bonchev–Trinajstić information content (AvgIpc) is 3.28. The zero-order chi connectivity index (χ0) is 28.7. The highest BCUT2D eigenvalue weighted by Gasteiger charge is 2.38. The lowest BCUT2D eigenvalue weighted by atomic mass is 9.82. The molecule has 0 radical (unpaired) electrons. The third-order valence-corrected chi connectivity index (χ3v) is 8.04. The Kier molecular flexibility index (Phi) is 11.4. The largest absolute Gasteiger partial charge is 0.478 e. The summed E-state index contributed by atoms with van der Waals surface area (Å²) in [4.78, 5) is 28.0. The van der Waals surface area contributed by atoms with Gasteiger partial charge >= 0.3 is 12.1 Å². The molecule has 8 nitrogen and oxygen atoms in total. The number of anilines is 1. The highest BCUT2D eigenvalue weighted by Crippen LogP contribution is 2.44. The third-order valence-electron chi connectivity index (χ3n) is 6.65. The average molecular weight is 685 g/mol. The number of carbonyl (C=O) groups is 2. The van der Waals surface area contributed by atoms with E-state index >= 15 is 0 Å². The summed E-state index contributed by atoms with van der Waals surface area (Å²) in [7, 11) is 2.95. The lowest BCUT2D eigenvalue weighted by Crippen LogP contribution is -2.49. The van der Waals surface area contributed by atoms with Crippen LogP contribution in [0.5, 0.6) is 10.8 Å². The molecular weight excluding hydrogens is 652 g/mol. The first kappa shape index (κ1) is 31.6. The van der Waals surface area contributed by atoms with Gasteiger partial charge in [-0.25, -0.2) is 4.79 Å². The molecular formula is C26H32F3IN2O6S. The van der Waals surface area contributed by atoms with Gasteiger partial charge in [-0.2, -0.15) is 13.2 Å². The van der Waals surface area contributed by atoms with Gasteiger partial charge in [-0.3, -0.25) is 8.32 Å². The number of amides is 1.